The van der Waals surface area contributed by atoms with Crippen molar-refractivity contribution in [3.05, 3.63) is 0 Å². The normalized spacial score (nSPS) is 34.2. The van der Waals surface area contributed by atoms with E-state index in [1.54, 1.807) is 0 Å². The van der Waals surface area contributed by atoms with Gasteiger partial charge in [0.05, 0.1) is 0 Å². The van der Waals surface area contributed by atoms with E-state index in [1.165, 1.54) is 89.9 Å². The first-order valence-corrected chi connectivity index (χ1v) is 11.0. The first-order valence-electron chi connectivity index (χ1n) is 11.0. The van der Waals surface area contributed by atoms with E-state index in [4.69, 9.17) is 0 Å². The first-order chi connectivity index (χ1) is 11.9. The van der Waals surface area contributed by atoms with E-state index < -0.39 is 0 Å². The van der Waals surface area contributed by atoms with Crippen molar-refractivity contribution in [1.29, 1.82) is 0 Å². The molecular formula is C18H35B3N3. The highest BCUT2D eigenvalue weighted by molar-refractivity contribution is 6.83. The van der Waals surface area contributed by atoms with Gasteiger partial charge >= 0.3 is 0 Å². The second kappa shape index (κ2) is 8.64. The third kappa shape index (κ3) is 4.07. The molecule has 1 aliphatic heterocycles. The molecule has 131 valence electrons. The van der Waals surface area contributed by atoms with Crippen molar-refractivity contribution in [3.63, 3.8) is 0 Å². The van der Waals surface area contributed by atoms with Crippen molar-refractivity contribution in [2.75, 3.05) is 0 Å². The van der Waals surface area contributed by atoms with Gasteiger partial charge in [-0.25, -0.2) is 0 Å². The highest BCUT2D eigenvalue weighted by atomic mass is 15.0. The van der Waals surface area contributed by atoms with Crippen LogP contribution in [0.2, 0.25) is 11.6 Å². The average Bonchev–Trinajstić information content (AvgIpc) is 2.69. The van der Waals surface area contributed by atoms with Crippen molar-refractivity contribution in [2.24, 2.45) is 11.8 Å². The van der Waals surface area contributed by atoms with Gasteiger partial charge in [-0.1, -0.05) is 89.9 Å². The van der Waals surface area contributed by atoms with Crippen LogP contribution in [0.3, 0.4) is 0 Å². The zero-order chi connectivity index (χ0) is 16.2. The first kappa shape index (κ1) is 17.5. The molecule has 2 unspecified atom stereocenters. The lowest BCUT2D eigenvalue weighted by Gasteiger charge is -2.44. The largest absolute Gasteiger partial charge is 0.375 e. The molecule has 0 aromatic carbocycles. The van der Waals surface area contributed by atoms with Gasteiger partial charge in [0.1, 0.15) is 0 Å². The fraction of sp³-hybridized carbons (Fsp3) is 1.00. The summed E-state index contributed by atoms with van der Waals surface area (Å²) in [5.74, 6) is 3.64. The van der Waals surface area contributed by atoms with Gasteiger partial charge in [0.25, 0.3) is 21.5 Å². The number of hydrogen-bond donors (Lipinski definition) is 3. The standard InChI is InChI=1S/C18H35B3N3/c1-3-9-15(10-4-1)17-13-7-8-14-18(17)21-23-19-22-20(24-21)16-11-5-2-6-12-16/h15-18,22-24H,1-14H2. The average molecular weight is 326 g/mol. The molecule has 0 spiro atoms. The van der Waals surface area contributed by atoms with Gasteiger partial charge in [-0.3, -0.25) is 0 Å². The predicted molar refractivity (Wildman–Crippen MR) is 106 cm³/mol. The fourth-order valence-electron chi connectivity index (χ4n) is 6.25. The lowest BCUT2D eigenvalue weighted by atomic mass is 9.41. The van der Waals surface area contributed by atoms with Crippen LogP contribution < -0.4 is 15.4 Å². The Kier molecular flexibility index (Phi) is 6.30. The van der Waals surface area contributed by atoms with E-state index in [1.807, 2.05) is 0 Å². The fourth-order valence-corrected chi connectivity index (χ4v) is 6.25. The lowest BCUT2D eigenvalue weighted by Crippen LogP contribution is -2.72. The molecule has 1 radical (unpaired) electrons. The lowest BCUT2D eigenvalue weighted by molar-refractivity contribution is 0.193. The summed E-state index contributed by atoms with van der Waals surface area (Å²) in [6, 6.07) is 0. The van der Waals surface area contributed by atoms with Gasteiger partial charge in [0, 0.05) is 0 Å². The van der Waals surface area contributed by atoms with Gasteiger partial charge in [-0.2, -0.15) is 0 Å². The van der Waals surface area contributed by atoms with E-state index in [2.05, 4.69) is 23.0 Å². The Morgan fingerprint density at radius 3 is 2.04 bits per heavy atom. The Hall–Kier alpha value is 0.0748. The van der Waals surface area contributed by atoms with E-state index >= 15 is 0 Å². The molecule has 4 rings (SSSR count). The number of rotatable bonds is 3. The second-order valence-electron chi connectivity index (χ2n) is 9.01. The second-order valence-corrected chi connectivity index (χ2v) is 9.01. The summed E-state index contributed by atoms with van der Waals surface area (Å²) < 4.78 is 0. The maximum absolute atomic E-state index is 4.01. The highest BCUT2D eigenvalue weighted by Gasteiger charge is 2.43. The molecule has 1 saturated heterocycles. The maximum Gasteiger partial charge on any atom is 0.287 e. The van der Waals surface area contributed by atoms with E-state index in [9.17, 15) is 0 Å². The van der Waals surface area contributed by atoms with E-state index in [0.29, 0.717) is 14.0 Å². The summed E-state index contributed by atoms with van der Waals surface area (Å²) in [5, 5.41) is 11.3. The molecule has 0 aromatic heterocycles. The molecule has 2 atom stereocenters. The smallest absolute Gasteiger partial charge is 0.287 e. The van der Waals surface area contributed by atoms with Gasteiger partial charge < -0.3 is 15.4 Å². The zero-order valence-corrected chi connectivity index (χ0v) is 15.4. The molecule has 4 fully saturated rings. The highest BCUT2D eigenvalue weighted by Crippen LogP contribution is 2.45. The van der Waals surface area contributed by atoms with E-state index in [0.717, 1.165) is 23.5 Å². The van der Waals surface area contributed by atoms with Crippen LogP contribution in [0.15, 0.2) is 0 Å². The third-order valence-corrected chi connectivity index (χ3v) is 7.56. The minimum atomic E-state index is 0.505. The molecule has 3 N–H and O–H groups in total. The Morgan fingerprint density at radius 2 is 1.25 bits per heavy atom. The molecule has 3 aliphatic carbocycles. The number of nitrogens with one attached hydrogen (secondary N) is 3. The van der Waals surface area contributed by atoms with Crippen molar-refractivity contribution in [1.82, 2.24) is 15.4 Å². The van der Waals surface area contributed by atoms with Crippen molar-refractivity contribution >= 4 is 21.5 Å². The topological polar surface area (TPSA) is 36.1 Å². The van der Waals surface area contributed by atoms with Crippen LogP contribution in [0.25, 0.3) is 0 Å². The molecule has 1 heterocycles. The summed E-state index contributed by atoms with van der Waals surface area (Å²) in [6.07, 6.45) is 20.4. The van der Waals surface area contributed by atoms with E-state index in [-0.39, 0.29) is 0 Å². The molecule has 3 nitrogen and oxygen atoms in total. The molecular weight excluding hydrogens is 291 g/mol. The third-order valence-electron chi connectivity index (χ3n) is 7.56. The molecule has 0 bridgehead atoms. The Labute approximate surface area is 150 Å². The summed E-state index contributed by atoms with van der Waals surface area (Å²) in [6.45, 7) is 1.01. The SMILES string of the molecule is [B]1NB(C2CCCCC2)NB(C2CCCCC2C2CCCCC2)N1. The molecule has 4 aliphatic rings. The van der Waals surface area contributed by atoms with Crippen molar-refractivity contribution in [2.45, 2.75) is 102 Å². The summed E-state index contributed by atoms with van der Waals surface area (Å²) in [5.41, 5.74) is 0. The van der Waals surface area contributed by atoms with Gasteiger partial charge in [0.2, 0.25) is 0 Å². The minimum absolute atomic E-state index is 0.505. The molecule has 0 aromatic rings. The van der Waals surface area contributed by atoms with Crippen LogP contribution >= 0.6 is 0 Å². The van der Waals surface area contributed by atoms with Crippen LogP contribution in [-0.4, -0.2) is 21.5 Å². The van der Waals surface area contributed by atoms with Crippen LogP contribution in [0.4, 0.5) is 0 Å². The van der Waals surface area contributed by atoms with Crippen molar-refractivity contribution < 1.29 is 0 Å². The number of hydrogen-bond acceptors (Lipinski definition) is 3. The van der Waals surface area contributed by atoms with Gasteiger partial charge in [-0.05, 0) is 23.5 Å². The van der Waals surface area contributed by atoms with Crippen LogP contribution in [0.1, 0.15) is 89.9 Å². The molecule has 0 amide bonds. The van der Waals surface area contributed by atoms with Gasteiger partial charge in [0.15, 0.2) is 0 Å². The van der Waals surface area contributed by atoms with Crippen LogP contribution in [0.5, 0.6) is 0 Å². The summed E-state index contributed by atoms with van der Waals surface area (Å²) in [7, 11) is 2.17. The molecule has 24 heavy (non-hydrogen) atoms. The summed E-state index contributed by atoms with van der Waals surface area (Å²) in [4.78, 5) is 0. The Bertz CT molecular complexity index is 386. The summed E-state index contributed by atoms with van der Waals surface area (Å²) >= 11 is 0. The van der Waals surface area contributed by atoms with Gasteiger partial charge in [-0.15, -0.1) is 0 Å². The van der Waals surface area contributed by atoms with Crippen LogP contribution in [-0.2, 0) is 0 Å². The minimum Gasteiger partial charge on any atom is -0.375 e. The Morgan fingerprint density at radius 1 is 0.625 bits per heavy atom. The Balaban J connectivity index is 1.39. The predicted octanol–water partition coefficient (Wildman–Crippen LogP) is 3.75. The maximum atomic E-state index is 4.01. The van der Waals surface area contributed by atoms with Crippen molar-refractivity contribution in [3.8, 4) is 0 Å². The molecule has 3 saturated carbocycles. The molecule has 6 heteroatoms. The van der Waals surface area contributed by atoms with Crippen LogP contribution in [0, 0.1) is 11.8 Å². The zero-order valence-electron chi connectivity index (χ0n) is 15.4. The quantitative estimate of drug-likeness (QED) is 0.692. The monoisotopic (exact) mass is 326 g/mol.